The number of amidine groups is 1. The fourth-order valence-electron chi connectivity index (χ4n) is 1.22. The fraction of sp³-hybridized carbons (Fsp3) is 0.364. The molecule has 0 aliphatic rings. The monoisotopic (exact) mass is 364 g/mol. The molecule has 1 aromatic carbocycles. The highest BCUT2D eigenvalue weighted by Crippen LogP contribution is 2.35. The van der Waals surface area contributed by atoms with Crippen LogP contribution in [-0.2, 0) is 0 Å². The molecule has 0 radical (unpaired) electrons. The van der Waals surface area contributed by atoms with Crippen LogP contribution in [-0.4, -0.2) is 19.6 Å². The van der Waals surface area contributed by atoms with Crippen molar-refractivity contribution in [3.05, 3.63) is 21.1 Å². The number of halogens is 2. The van der Waals surface area contributed by atoms with E-state index in [1.165, 1.54) is 0 Å². The molecule has 0 fully saturated rings. The van der Waals surface area contributed by atoms with Crippen molar-refractivity contribution in [1.29, 1.82) is 5.41 Å². The molecule has 0 saturated carbocycles. The third kappa shape index (κ3) is 4.55. The molecule has 0 unspecified atom stereocenters. The first-order valence-electron chi connectivity index (χ1n) is 5.03. The standard InChI is InChI=1S/C11H14Br2N2O2/c1-16-9-5-8(13)10(6-7(9)12)17-4-2-3-11(14)15/h5-6H,2-4H2,1H3,(H3,14,15). The van der Waals surface area contributed by atoms with Crippen LogP contribution < -0.4 is 15.2 Å². The Morgan fingerprint density at radius 2 is 1.88 bits per heavy atom. The highest BCUT2D eigenvalue weighted by molar-refractivity contribution is 9.11. The van der Waals surface area contributed by atoms with Crippen LogP contribution in [0, 0.1) is 5.41 Å². The van der Waals surface area contributed by atoms with Crippen molar-refractivity contribution < 1.29 is 9.47 Å². The van der Waals surface area contributed by atoms with Gasteiger partial charge in [0.1, 0.15) is 11.5 Å². The maximum absolute atomic E-state index is 7.10. The molecule has 0 aliphatic heterocycles. The first-order chi connectivity index (χ1) is 8.04. The topological polar surface area (TPSA) is 68.3 Å². The third-order valence-corrected chi connectivity index (χ3v) is 3.29. The van der Waals surface area contributed by atoms with Crippen molar-refractivity contribution in [2.45, 2.75) is 12.8 Å². The molecule has 17 heavy (non-hydrogen) atoms. The maximum atomic E-state index is 7.10. The Morgan fingerprint density at radius 1 is 1.29 bits per heavy atom. The fourth-order valence-corrected chi connectivity index (χ4v) is 2.14. The minimum Gasteiger partial charge on any atom is -0.496 e. The predicted octanol–water partition coefficient (Wildman–Crippen LogP) is 3.32. The van der Waals surface area contributed by atoms with Gasteiger partial charge in [-0.2, -0.15) is 0 Å². The van der Waals surface area contributed by atoms with Crippen molar-refractivity contribution in [2.75, 3.05) is 13.7 Å². The highest BCUT2D eigenvalue weighted by Gasteiger charge is 2.08. The van der Waals surface area contributed by atoms with Gasteiger partial charge in [0, 0.05) is 6.42 Å². The second kappa shape index (κ2) is 6.86. The zero-order valence-electron chi connectivity index (χ0n) is 9.43. The number of hydrogen-bond acceptors (Lipinski definition) is 3. The first kappa shape index (κ1) is 14.3. The van der Waals surface area contributed by atoms with E-state index < -0.39 is 0 Å². The average Bonchev–Trinajstić information content (AvgIpc) is 2.28. The number of methoxy groups -OCH3 is 1. The average molecular weight is 366 g/mol. The van der Waals surface area contributed by atoms with Crippen LogP contribution in [0.5, 0.6) is 11.5 Å². The summed E-state index contributed by atoms with van der Waals surface area (Å²) in [5.74, 6) is 1.66. The minimum atomic E-state index is 0.184. The predicted molar refractivity (Wildman–Crippen MR) is 75.0 cm³/mol. The second-order valence-electron chi connectivity index (χ2n) is 3.39. The lowest BCUT2D eigenvalue weighted by Crippen LogP contribution is -2.11. The van der Waals surface area contributed by atoms with E-state index in [0.717, 1.165) is 26.9 Å². The zero-order chi connectivity index (χ0) is 12.8. The molecule has 0 saturated heterocycles. The van der Waals surface area contributed by atoms with E-state index in [4.69, 9.17) is 20.6 Å². The summed E-state index contributed by atoms with van der Waals surface area (Å²) in [7, 11) is 1.61. The van der Waals surface area contributed by atoms with E-state index in [1.807, 2.05) is 12.1 Å². The van der Waals surface area contributed by atoms with Gasteiger partial charge >= 0.3 is 0 Å². The third-order valence-electron chi connectivity index (χ3n) is 2.05. The second-order valence-corrected chi connectivity index (χ2v) is 5.10. The van der Waals surface area contributed by atoms with E-state index in [1.54, 1.807) is 7.11 Å². The molecule has 0 aliphatic carbocycles. The minimum absolute atomic E-state index is 0.184. The molecule has 3 N–H and O–H groups in total. The summed E-state index contributed by atoms with van der Waals surface area (Å²) in [6.45, 7) is 0.525. The van der Waals surface area contributed by atoms with Crippen LogP contribution in [0.1, 0.15) is 12.8 Å². The summed E-state index contributed by atoms with van der Waals surface area (Å²) in [6, 6.07) is 3.68. The number of benzene rings is 1. The molecule has 0 spiro atoms. The van der Waals surface area contributed by atoms with Gasteiger partial charge in [-0.25, -0.2) is 0 Å². The van der Waals surface area contributed by atoms with Gasteiger partial charge in [-0.05, 0) is 50.4 Å². The van der Waals surface area contributed by atoms with Gasteiger partial charge in [-0.1, -0.05) is 0 Å². The van der Waals surface area contributed by atoms with E-state index in [-0.39, 0.29) is 5.84 Å². The zero-order valence-corrected chi connectivity index (χ0v) is 12.6. The molecule has 4 nitrogen and oxygen atoms in total. The quantitative estimate of drug-likeness (QED) is 0.461. The van der Waals surface area contributed by atoms with Gasteiger partial charge in [-0.15, -0.1) is 0 Å². The van der Waals surface area contributed by atoms with Crippen molar-refractivity contribution in [3.8, 4) is 11.5 Å². The Bertz CT molecular complexity index is 411. The van der Waals surface area contributed by atoms with Gasteiger partial charge in [0.05, 0.1) is 28.5 Å². The molecule has 0 atom stereocenters. The molecular formula is C11H14Br2N2O2. The lowest BCUT2D eigenvalue weighted by molar-refractivity contribution is 0.310. The summed E-state index contributed by atoms with van der Waals surface area (Å²) in [5, 5.41) is 7.10. The number of nitrogens with two attached hydrogens (primary N) is 1. The molecule has 0 aromatic heterocycles. The van der Waals surface area contributed by atoms with Gasteiger partial charge in [0.15, 0.2) is 0 Å². The van der Waals surface area contributed by atoms with Gasteiger partial charge in [0.2, 0.25) is 0 Å². The summed E-state index contributed by atoms with van der Waals surface area (Å²) in [4.78, 5) is 0. The van der Waals surface area contributed by atoms with Crippen LogP contribution in [0.25, 0.3) is 0 Å². The Morgan fingerprint density at radius 3 is 2.47 bits per heavy atom. The van der Waals surface area contributed by atoms with Gasteiger partial charge < -0.3 is 15.2 Å². The normalized spacial score (nSPS) is 10.1. The van der Waals surface area contributed by atoms with Crippen molar-refractivity contribution in [1.82, 2.24) is 0 Å². The van der Waals surface area contributed by atoms with E-state index >= 15 is 0 Å². The molecular weight excluding hydrogens is 352 g/mol. The van der Waals surface area contributed by atoms with Crippen LogP contribution in [0.3, 0.4) is 0 Å². The summed E-state index contributed by atoms with van der Waals surface area (Å²) < 4.78 is 12.4. The first-order valence-corrected chi connectivity index (χ1v) is 6.62. The number of ether oxygens (including phenoxy) is 2. The van der Waals surface area contributed by atoms with Crippen LogP contribution in [0.2, 0.25) is 0 Å². The van der Waals surface area contributed by atoms with E-state index in [0.29, 0.717) is 13.0 Å². The van der Waals surface area contributed by atoms with Crippen molar-refractivity contribution in [2.24, 2.45) is 5.73 Å². The van der Waals surface area contributed by atoms with E-state index in [2.05, 4.69) is 31.9 Å². The lowest BCUT2D eigenvalue weighted by atomic mass is 10.3. The van der Waals surface area contributed by atoms with Gasteiger partial charge in [-0.3, -0.25) is 5.41 Å². The molecule has 6 heteroatoms. The van der Waals surface area contributed by atoms with Crippen molar-refractivity contribution in [3.63, 3.8) is 0 Å². The molecule has 94 valence electrons. The van der Waals surface area contributed by atoms with Crippen molar-refractivity contribution >= 4 is 37.7 Å². The Hall–Kier alpha value is -0.750. The van der Waals surface area contributed by atoms with Crippen LogP contribution >= 0.6 is 31.9 Å². The molecule has 0 amide bonds. The lowest BCUT2D eigenvalue weighted by Gasteiger charge is -2.11. The molecule has 1 rings (SSSR count). The summed E-state index contributed by atoms with van der Waals surface area (Å²) >= 11 is 6.80. The molecule has 0 bridgehead atoms. The number of rotatable bonds is 6. The van der Waals surface area contributed by atoms with Gasteiger partial charge in [0.25, 0.3) is 0 Å². The molecule has 1 aromatic rings. The van der Waals surface area contributed by atoms with Crippen LogP contribution in [0.4, 0.5) is 0 Å². The Labute approximate surface area is 117 Å². The highest BCUT2D eigenvalue weighted by atomic mass is 79.9. The summed E-state index contributed by atoms with van der Waals surface area (Å²) in [5.41, 5.74) is 5.26. The van der Waals surface area contributed by atoms with E-state index in [9.17, 15) is 0 Å². The smallest absolute Gasteiger partial charge is 0.134 e. The van der Waals surface area contributed by atoms with Crippen LogP contribution in [0.15, 0.2) is 21.1 Å². The number of hydrogen-bond donors (Lipinski definition) is 2. The maximum Gasteiger partial charge on any atom is 0.134 e. The largest absolute Gasteiger partial charge is 0.496 e. The summed E-state index contributed by atoms with van der Waals surface area (Å²) in [6.07, 6.45) is 1.28. The SMILES string of the molecule is COc1cc(Br)c(OCCCC(=N)N)cc1Br. The molecule has 0 heterocycles. The Balaban J connectivity index is 2.59. The Kier molecular flexibility index (Phi) is 5.77. The number of nitrogens with one attached hydrogen (secondary N) is 1.